The molecule has 7 atom stereocenters. The first-order valence-electron chi connectivity index (χ1n) is 14.2. The maximum atomic E-state index is 12.4. The zero-order valence-corrected chi connectivity index (χ0v) is 23.9. The van der Waals surface area contributed by atoms with Crippen molar-refractivity contribution in [1.82, 2.24) is 0 Å². The number of fused-ring (bicyclic) bond motifs is 3. The summed E-state index contributed by atoms with van der Waals surface area (Å²) >= 11 is 0. The van der Waals surface area contributed by atoms with E-state index in [0.29, 0.717) is 5.57 Å². The molecule has 0 aromatic rings. The van der Waals surface area contributed by atoms with Crippen molar-refractivity contribution < 1.29 is 28.6 Å². The Morgan fingerprint density at radius 3 is 2.55 bits per heavy atom. The molecule has 0 spiro atoms. The molecular formula is C32H42O6. The lowest BCUT2D eigenvalue weighted by Gasteiger charge is -2.53. The van der Waals surface area contributed by atoms with Gasteiger partial charge in [0, 0.05) is 36.3 Å². The molecule has 5 aliphatic rings. The average Bonchev–Trinajstić information content (AvgIpc) is 2.96. The number of hydrogen-bond acceptors (Lipinski definition) is 6. The minimum absolute atomic E-state index is 0.0885. The number of ether oxygens (including phenoxy) is 3. The van der Waals surface area contributed by atoms with Crippen molar-refractivity contribution in [2.45, 2.75) is 105 Å². The Bertz CT molecular complexity index is 1180. The highest BCUT2D eigenvalue weighted by molar-refractivity contribution is 5.88. The van der Waals surface area contributed by atoms with E-state index in [-0.39, 0.29) is 58.7 Å². The van der Waals surface area contributed by atoms with Crippen LogP contribution in [0.2, 0.25) is 0 Å². The number of carbonyl (C=O) groups excluding carboxylic acids is 3. The van der Waals surface area contributed by atoms with Crippen LogP contribution in [0.3, 0.4) is 0 Å². The fourth-order valence-corrected chi connectivity index (χ4v) is 8.52. The molecule has 0 N–H and O–H groups in total. The lowest BCUT2D eigenvalue weighted by molar-refractivity contribution is -0.154. The summed E-state index contributed by atoms with van der Waals surface area (Å²) in [5.41, 5.74) is 3.42. The molecule has 6 nitrogen and oxygen atoms in total. The Morgan fingerprint density at radius 1 is 1.13 bits per heavy atom. The van der Waals surface area contributed by atoms with Gasteiger partial charge in [0.2, 0.25) is 0 Å². The Morgan fingerprint density at radius 2 is 1.87 bits per heavy atom. The SMILES string of the molecule is CC(=O)O[C@@H]1C[C@H]([C@H](C)[C@@H]2CC=C(C)C(=O)O2)[C@@]2(C)CCC3=C(CC[C@@H]4C(=C3)C=CC(=O)OC4(C)C)[C@]12C. The molecule has 6 heteroatoms. The Balaban J connectivity index is 1.56. The minimum Gasteiger partial charge on any atom is -0.462 e. The predicted molar refractivity (Wildman–Crippen MR) is 144 cm³/mol. The van der Waals surface area contributed by atoms with E-state index in [1.807, 2.05) is 26.0 Å². The molecule has 0 saturated heterocycles. The van der Waals surface area contributed by atoms with Gasteiger partial charge in [-0.3, -0.25) is 4.79 Å². The molecule has 3 aliphatic carbocycles. The number of esters is 3. The van der Waals surface area contributed by atoms with Gasteiger partial charge in [-0.15, -0.1) is 0 Å². The fourth-order valence-electron chi connectivity index (χ4n) is 8.52. The first-order valence-corrected chi connectivity index (χ1v) is 14.2. The van der Waals surface area contributed by atoms with Crippen LogP contribution in [0.25, 0.3) is 0 Å². The summed E-state index contributed by atoms with van der Waals surface area (Å²) in [6.07, 6.45) is 12.4. The summed E-state index contributed by atoms with van der Waals surface area (Å²) < 4.78 is 17.9. The maximum Gasteiger partial charge on any atom is 0.333 e. The van der Waals surface area contributed by atoms with Gasteiger partial charge in [0.25, 0.3) is 0 Å². The van der Waals surface area contributed by atoms with E-state index >= 15 is 0 Å². The lowest BCUT2D eigenvalue weighted by Crippen LogP contribution is -2.49. The maximum absolute atomic E-state index is 12.4. The first kappa shape index (κ1) is 27.0. The van der Waals surface area contributed by atoms with Crippen LogP contribution in [0, 0.1) is 28.6 Å². The van der Waals surface area contributed by atoms with Gasteiger partial charge in [-0.2, -0.15) is 0 Å². The third-order valence-electron chi connectivity index (χ3n) is 10.9. The largest absolute Gasteiger partial charge is 0.462 e. The van der Waals surface area contributed by atoms with Gasteiger partial charge in [-0.05, 0) is 81.3 Å². The summed E-state index contributed by atoms with van der Waals surface area (Å²) in [4.78, 5) is 37.0. The number of allylic oxidation sites excluding steroid dienone is 3. The van der Waals surface area contributed by atoms with Crippen molar-refractivity contribution in [3.63, 3.8) is 0 Å². The van der Waals surface area contributed by atoms with Gasteiger partial charge in [0.15, 0.2) is 0 Å². The van der Waals surface area contributed by atoms with Crippen molar-refractivity contribution >= 4 is 17.9 Å². The van der Waals surface area contributed by atoms with Crippen molar-refractivity contribution in [2.24, 2.45) is 28.6 Å². The molecule has 0 unspecified atom stereocenters. The molecule has 0 radical (unpaired) electrons. The summed E-state index contributed by atoms with van der Waals surface area (Å²) in [7, 11) is 0. The highest BCUT2D eigenvalue weighted by atomic mass is 16.6. The van der Waals surface area contributed by atoms with E-state index < -0.39 is 5.60 Å². The zero-order chi connectivity index (χ0) is 27.6. The van der Waals surface area contributed by atoms with Gasteiger partial charge >= 0.3 is 17.9 Å². The van der Waals surface area contributed by atoms with Crippen LogP contribution in [0.1, 0.15) is 87.0 Å². The Hall–Kier alpha value is -2.63. The second-order valence-corrected chi connectivity index (χ2v) is 13.1. The summed E-state index contributed by atoms with van der Waals surface area (Å²) in [5.74, 6) is -0.325. The van der Waals surface area contributed by atoms with Crippen LogP contribution < -0.4 is 0 Å². The molecule has 0 amide bonds. The van der Waals surface area contributed by atoms with Gasteiger partial charge in [0.1, 0.15) is 17.8 Å². The van der Waals surface area contributed by atoms with Crippen molar-refractivity contribution in [3.8, 4) is 0 Å². The van der Waals surface area contributed by atoms with E-state index in [1.165, 1.54) is 18.1 Å². The van der Waals surface area contributed by atoms with Gasteiger partial charge < -0.3 is 14.2 Å². The third kappa shape index (κ3) is 4.10. The number of hydrogen-bond donors (Lipinski definition) is 0. The van der Waals surface area contributed by atoms with Gasteiger partial charge in [0.05, 0.1) is 0 Å². The smallest absolute Gasteiger partial charge is 0.333 e. The molecule has 0 bridgehead atoms. The van der Waals surface area contributed by atoms with Crippen LogP contribution in [0.5, 0.6) is 0 Å². The summed E-state index contributed by atoms with van der Waals surface area (Å²) in [6, 6.07) is 0. The molecule has 0 aromatic heterocycles. The highest BCUT2D eigenvalue weighted by Gasteiger charge is 2.65. The monoisotopic (exact) mass is 522 g/mol. The molecule has 2 aliphatic heterocycles. The van der Waals surface area contributed by atoms with E-state index in [1.54, 1.807) is 13.0 Å². The second-order valence-electron chi connectivity index (χ2n) is 13.1. The first-order chi connectivity index (χ1) is 17.8. The Kier molecular flexibility index (Phi) is 6.55. The van der Waals surface area contributed by atoms with Crippen molar-refractivity contribution in [1.29, 1.82) is 0 Å². The molecule has 206 valence electrons. The molecular weight excluding hydrogens is 480 g/mol. The Labute approximate surface area is 226 Å². The van der Waals surface area contributed by atoms with E-state index in [4.69, 9.17) is 14.2 Å². The van der Waals surface area contributed by atoms with Crippen LogP contribution in [0.15, 0.2) is 46.6 Å². The lowest BCUT2D eigenvalue weighted by atomic mass is 9.52. The minimum atomic E-state index is -0.607. The average molecular weight is 523 g/mol. The second kappa shape index (κ2) is 9.24. The van der Waals surface area contributed by atoms with Crippen molar-refractivity contribution in [2.75, 3.05) is 0 Å². The van der Waals surface area contributed by atoms with E-state index in [9.17, 15) is 14.4 Å². The number of cyclic esters (lactones) is 2. The fraction of sp³-hybridized carbons (Fsp3) is 0.656. The van der Waals surface area contributed by atoms with E-state index in [0.717, 1.165) is 44.1 Å². The third-order valence-corrected chi connectivity index (χ3v) is 10.9. The molecule has 0 aromatic carbocycles. The molecule has 5 rings (SSSR count). The van der Waals surface area contributed by atoms with Gasteiger partial charge in [-0.1, -0.05) is 44.6 Å². The zero-order valence-electron chi connectivity index (χ0n) is 23.9. The highest BCUT2D eigenvalue weighted by Crippen LogP contribution is 2.69. The topological polar surface area (TPSA) is 78.9 Å². The molecule has 1 saturated carbocycles. The standard InChI is InChI=1S/C32H42O6/c1-18-8-12-26(37-29(18)35)19(2)25-17-27(36-20(3)33)32(7)24-11-10-23-21(9-13-28(34)38-30(23,4)5)16-22(24)14-15-31(25,32)6/h8-9,13,16,19,23,25-27H,10-12,14-15,17H2,1-7H3/t19-,23+,25+,26-,27+,31+,32+/m0/s1. The number of rotatable bonds is 3. The quantitative estimate of drug-likeness (QED) is 0.326. The number of carbonyl (C=O) groups is 3. The predicted octanol–water partition coefficient (Wildman–Crippen LogP) is 6.17. The molecule has 2 heterocycles. The molecule has 38 heavy (non-hydrogen) atoms. The van der Waals surface area contributed by atoms with Gasteiger partial charge in [-0.25, -0.2) is 9.59 Å². The van der Waals surface area contributed by atoms with Crippen LogP contribution >= 0.6 is 0 Å². The summed E-state index contributed by atoms with van der Waals surface area (Å²) in [6.45, 7) is 14.2. The normalized spacial score (nSPS) is 38.8. The molecule has 1 fully saturated rings. The van der Waals surface area contributed by atoms with Crippen LogP contribution in [-0.4, -0.2) is 35.7 Å². The van der Waals surface area contributed by atoms with E-state index in [2.05, 4.69) is 26.8 Å². The van der Waals surface area contributed by atoms with Crippen molar-refractivity contribution in [3.05, 3.63) is 46.6 Å². The van der Waals surface area contributed by atoms with Crippen LogP contribution in [0.4, 0.5) is 0 Å². The van der Waals surface area contributed by atoms with Crippen LogP contribution in [-0.2, 0) is 28.6 Å². The summed E-state index contributed by atoms with van der Waals surface area (Å²) in [5, 5.41) is 0.